The quantitative estimate of drug-likeness (QED) is 0.298. The number of ether oxygens (including phenoxy) is 1. The number of carbonyl (C=O) groups excluding carboxylic acids is 1. The number of benzene rings is 2. The lowest BCUT2D eigenvalue weighted by Crippen LogP contribution is -2.18. The molecule has 0 radical (unpaired) electrons. The van der Waals surface area contributed by atoms with Gasteiger partial charge in [0.2, 0.25) is 0 Å². The van der Waals surface area contributed by atoms with Crippen LogP contribution in [0, 0.1) is 0 Å². The lowest BCUT2D eigenvalue weighted by molar-refractivity contribution is 0.0600. The molecule has 0 fully saturated rings. The molecule has 4 rings (SSSR count). The second-order valence-corrected chi connectivity index (χ2v) is 7.27. The van der Waals surface area contributed by atoms with Crippen molar-refractivity contribution in [1.29, 1.82) is 0 Å². The Morgan fingerprint density at radius 1 is 1.16 bits per heavy atom. The van der Waals surface area contributed by atoms with Crippen LogP contribution in [0.15, 0.2) is 60.7 Å². The highest BCUT2D eigenvalue weighted by Crippen LogP contribution is 2.32. The van der Waals surface area contributed by atoms with Crippen LogP contribution >= 0.6 is 0 Å². The fourth-order valence-corrected chi connectivity index (χ4v) is 3.74. The van der Waals surface area contributed by atoms with Crippen LogP contribution in [0.25, 0.3) is 11.2 Å². The van der Waals surface area contributed by atoms with Gasteiger partial charge in [-0.1, -0.05) is 47.7 Å². The van der Waals surface area contributed by atoms with Gasteiger partial charge in [0.05, 0.1) is 12.7 Å². The Hall–Kier alpha value is -3.78. The average molecular weight is 416 g/mol. The molecule has 0 aliphatic rings. The monoisotopic (exact) mass is 416 g/mol. The van der Waals surface area contributed by atoms with Gasteiger partial charge in [-0.3, -0.25) is 0 Å². The summed E-state index contributed by atoms with van der Waals surface area (Å²) in [7, 11) is 1.38. The molecule has 2 aromatic heterocycles. The number of nitrogen functional groups attached to an aromatic ring is 1. The summed E-state index contributed by atoms with van der Waals surface area (Å²) in [5.74, 6) is 0.174. The first-order valence-electron chi connectivity index (χ1n) is 10.1. The minimum absolute atomic E-state index is 0.0769. The zero-order valence-electron chi connectivity index (χ0n) is 17.2. The zero-order valence-corrected chi connectivity index (χ0v) is 17.2. The number of aromatic amines is 1. The van der Waals surface area contributed by atoms with E-state index in [0.29, 0.717) is 23.6 Å². The molecule has 0 amide bonds. The number of pyridine rings is 1. The molecule has 1 atom stereocenters. The molecule has 4 aromatic rings. The normalized spacial score (nSPS) is 12.0. The Morgan fingerprint density at radius 2 is 2.00 bits per heavy atom. The fraction of sp³-hybridized carbons (Fsp3) is 0.217. The molecule has 4 N–H and O–H groups in total. The number of methoxy groups -OCH3 is 1. The number of rotatable bonds is 8. The second kappa shape index (κ2) is 9.36. The average Bonchev–Trinajstić information content (AvgIpc) is 3.27. The van der Waals surface area contributed by atoms with Gasteiger partial charge in [-0.15, -0.1) is 5.10 Å². The summed E-state index contributed by atoms with van der Waals surface area (Å²) in [6.07, 6.45) is 0.826. The summed E-state index contributed by atoms with van der Waals surface area (Å²) >= 11 is 0. The van der Waals surface area contributed by atoms with Crippen molar-refractivity contribution in [3.8, 4) is 0 Å². The predicted octanol–water partition coefficient (Wildman–Crippen LogP) is 3.03. The van der Waals surface area contributed by atoms with Gasteiger partial charge in [-0.05, 0) is 47.9 Å². The highest BCUT2D eigenvalue weighted by molar-refractivity contribution is 5.89. The predicted molar refractivity (Wildman–Crippen MR) is 118 cm³/mol. The molecule has 0 saturated heterocycles. The summed E-state index contributed by atoms with van der Waals surface area (Å²) in [4.78, 5) is 16.0. The molecule has 8 heteroatoms. The molecule has 0 bridgehead atoms. The topological polar surface area (TPSA) is 119 Å². The van der Waals surface area contributed by atoms with Gasteiger partial charge in [0.1, 0.15) is 11.3 Å². The van der Waals surface area contributed by atoms with E-state index in [2.05, 4.69) is 37.8 Å². The maximum atomic E-state index is 11.7. The first-order chi connectivity index (χ1) is 15.2. The second-order valence-electron chi connectivity index (χ2n) is 7.27. The van der Waals surface area contributed by atoms with E-state index in [1.807, 2.05) is 42.5 Å². The minimum atomic E-state index is -0.335. The Labute approximate surface area is 179 Å². The summed E-state index contributed by atoms with van der Waals surface area (Å²) in [6.45, 7) is 1.40. The van der Waals surface area contributed by atoms with Crippen molar-refractivity contribution in [3.63, 3.8) is 0 Å². The van der Waals surface area contributed by atoms with Crippen LogP contribution < -0.4 is 11.1 Å². The largest absolute Gasteiger partial charge is 0.465 e. The number of aromatic nitrogens is 4. The Kier molecular flexibility index (Phi) is 6.18. The Morgan fingerprint density at radius 3 is 2.81 bits per heavy atom. The molecule has 2 aromatic carbocycles. The molecular formula is C23H24N6O2. The SMILES string of the molecule is COC(=O)c1cccc(CNCCC(c2ccccc2)c2cc(N)nc3[nH]nnc23)c1. The van der Waals surface area contributed by atoms with Gasteiger partial charge in [0.25, 0.3) is 0 Å². The molecule has 8 nitrogen and oxygen atoms in total. The lowest BCUT2D eigenvalue weighted by Gasteiger charge is -2.19. The molecule has 0 spiro atoms. The third kappa shape index (κ3) is 4.70. The van der Waals surface area contributed by atoms with Crippen molar-refractivity contribution >= 4 is 23.0 Å². The van der Waals surface area contributed by atoms with Crippen LogP contribution in [0.2, 0.25) is 0 Å². The molecule has 2 heterocycles. The van der Waals surface area contributed by atoms with Crippen molar-refractivity contribution in [1.82, 2.24) is 25.7 Å². The van der Waals surface area contributed by atoms with E-state index in [1.165, 1.54) is 12.7 Å². The maximum Gasteiger partial charge on any atom is 0.337 e. The number of esters is 1. The van der Waals surface area contributed by atoms with Crippen LogP contribution in [0.1, 0.15) is 39.4 Å². The molecular weight excluding hydrogens is 392 g/mol. The van der Waals surface area contributed by atoms with E-state index < -0.39 is 0 Å². The van der Waals surface area contributed by atoms with Crippen molar-refractivity contribution in [2.45, 2.75) is 18.9 Å². The van der Waals surface area contributed by atoms with E-state index in [1.54, 1.807) is 6.07 Å². The van der Waals surface area contributed by atoms with Crippen LogP contribution in [-0.4, -0.2) is 40.0 Å². The van der Waals surface area contributed by atoms with E-state index in [0.717, 1.165) is 29.6 Å². The van der Waals surface area contributed by atoms with E-state index in [-0.39, 0.29) is 11.9 Å². The van der Waals surface area contributed by atoms with E-state index in [9.17, 15) is 4.79 Å². The number of fused-ring (bicyclic) bond motifs is 1. The van der Waals surface area contributed by atoms with Gasteiger partial charge in [-0.2, -0.15) is 0 Å². The first kappa shape index (κ1) is 20.5. The van der Waals surface area contributed by atoms with Gasteiger partial charge in [-0.25, -0.2) is 14.9 Å². The van der Waals surface area contributed by atoms with E-state index in [4.69, 9.17) is 10.5 Å². The number of carbonyl (C=O) groups is 1. The minimum Gasteiger partial charge on any atom is -0.465 e. The Balaban J connectivity index is 1.51. The number of nitrogens with two attached hydrogens (primary N) is 1. The third-order valence-electron chi connectivity index (χ3n) is 5.21. The molecule has 0 aliphatic heterocycles. The smallest absolute Gasteiger partial charge is 0.337 e. The van der Waals surface area contributed by atoms with E-state index >= 15 is 0 Å². The van der Waals surface area contributed by atoms with Gasteiger partial charge in [0, 0.05) is 12.5 Å². The van der Waals surface area contributed by atoms with Crippen molar-refractivity contribution in [2.75, 3.05) is 19.4 Å². The number of hydrogen-bond acceptors (Lipinski definition) is 7. The Bertz CT molecular complexity index is 1180. The van der Waals surface area contributed by atoms with Crippen LogP contribution in [0.5, 0.6) is 0 Å². The molecule has 158 valence electrons. The van der Waals surface area contributed by atoms with Crippen LogP contribution in [-0.2, 0) is 11.3 Å². The summed E-state index contributed by atoms with van der Waals surface area (Å²) < 4.78 is 4.80. The van der Waals surface area contributed by atoms with Gasteiger partial charge >= 0.3 is 5.97 Å². The summed E-state index contributed by atoms with van der Waals surface area (Å²) in [5, 5.41) is 14.4. The summed E-state index contributed by atoms with van der Waals surface area (Å²) in [5.41, 5.74) is 11.1. The molecule has 31 heavy (non-hydrogen) atoms. The highest BCUT2D eigenvalue weighted by Gasteiger charge is 2.20. The molecule has 0 aliphatic carbocycles. The first-order valence-corrected chi connectivity index (χ1v) is 10.1. The maximum absolute atomic E-state index is 11.7. The number of hydrogen-bond donors (Lipinski definition) is 3. The number of nitrogens with zero attached hydrogens (tertiary/aromatic N) is 3. The highest BCUT2D eigenvalue weighted by atomic mass is 16.5. The zero-order chi connectivity index (χ0) is 21.6. The number of nitrogens with one attached hydrogen (secondary N) is 2. The van der Waals surface area contributed by atoms with Crippen LogP contribution in [0.3, 0.4) is 0 Å². The molecule has 1 unspecified atom stereocenters. The van der Waals surface area contributed by atoms with Crippen molar-refractivity contribution in [3.05, 3.63) is 82.9 Å². The number of H-pyrrole nitrogens is 1. The fourth-order valence-electron chi connectivity index (χ4n) is 3.74. The van der Waals surface area contributed by atoms with Gasteiger partial charge < -0.3 is 15.8 Å². The third-order valence-corrected chi connectivity index (χ3v) is 5.21. The standard InChI is InChI=1S/C23H24N6O2/c1-31-23(30)17-9-5-6-15(12-17)14-25-11-10-18(16-7-3-2-4-8-16)19-13-20(24)26-22-21(19)27-29-28-22/h2-9,12-13,18,25H,10-11,14H2,1H3,(H3,24,26,27,28,29). The summed E-state index contributed by atoms with van der Waals surface area (Å²) in [6, 6.07) is 19.6. The van der Waals surface area contributed by atoms with Crippen molar-refractivity contribution < 1.29 is 9.53 Å². The lowest BCUT2D eigenvalue weighted by atomic mass is 9.88. The molecule has 0 saturated carbocycles. The van der Waals surface area contributed by atoms with Gasteiger partial charge in [0.15, 0.2) is 5.65 Å². The van der Waals surface area contributed by atoms with Crippen molar-refractivity contribution in [2.24, 2.45) is 0 Å². The van der Waals surface area contributed by atoms with Crippen LogP contribution in [0.4, 0.5) is 5.82 Å². The number of anilines is 1.